The van der Waals surface area contributed by atoms with E-state index in [1.807, 2.05) is 25.6 Å². The van der Waals surface area contributed by atoms with Gasteiger partial charge in [0.25, 0.3) is 0 Å². The molecule has 2 rings (SSSR count). The van der Waals surface area contributed by atoms with Crippen LogP contribution in [0.25, 0.3) is 0 Å². The van der Waals surface area contributed by atoms with E-state index in [0.29, 0.717) is 24.8 Å². The highest BCUT2D eigenvalue weighted by Crippen LogP contribution is 2.30. The van der Waals surface area contributed by atoms with Gasteiger partial charge in [-0.1, -0.05) is 0 Å². The van der Waals surface area contributed by atoms with Crippen molar-refractivity contribution >= 4 is 5.96 Å². The summed E-state index contributed by atoms with van der Waals surface area (Å²) in [7, 11) is 3.56. The lowest BCUT2D eigenvalue weighted by Crippen LogP contribution is -2.39. The number of nitrogens with one attached hydrogen (secondary N) is 2. The monoisotopic (exact) mass is 383 g/mol. The van der Waals surface area contributed by atoms with Gasteiger partial charge in [0.1, 0.15) is 12.4 Å². The predicted molar refractivity (Wildman–Crippen MR) is 97.8 cm³/mol. The summed E-state index contributed by atoms with van der Waals surface area (Å²) >= 11 is 0. The first-order valence-electron chi connectivity index (χ1n) is 8.46. The number of halogens is 3. The van der Waals surface area contributed by atoms with E-state index < -0.39 is 11.7 Å². The zero-order valence-electron chi connectivity index (χ0n) is 15.8. The maximum absolute atomic E-state index is 12.5. The van der Waals surface area contributed by atoms with Crippen LogP contribution in [-0.4, -0.2) is 35.9 Å². The van der Waals surface area contributed by atoms with Gasteiger partial charge in [0.15, 0.2) is 5.96 Å². The fourth-order valence-electron chi connectivity index (χ4n) is 2.54. The fraction of sp³-hybridized carbons (Fsp3) is 0.444. The molecule has 1 aromatic carbocycles. The molecule has 0 bridgehead atoms. The van der Waals surface area contributed by atoms with Crippen LogP contribution < -0.4 is 15.4 Å². The Morgan fingerprint density at radius 3 is 2.37 bits per heavy atom. The molecule has 2 aromatic rings. The van der Waals surface area contributed by atoms with Crippen molar-refractivity contribution in [1.82, 2.24) is 20.4 Å². The maximum atomic E-state index is 12.5. The smallest absolute Gasteiger partial charge is 0.416 e. The van der Waals surface area contributed by atoms with E-state index in [4.69, 9.17) is 4.74 Å². The van der Waals surface area contributed by atoms with Gasteiger partial charge < -0.3 is 15.4 Å². The van der Waals surface area contributed by atoms with E-state index in [1.165, 1.54) is 12.1 Å². The Morgan fingerprint density at radius 2 is 1.85 bits per heavy atom. The van der Waals surface area contributed by atoms with Crippen LogP contribution in [-0.2, 0) is 19.8 Å². The van der Waals surface area contributed by atoms with Gasteiger partial charge in [0.2, 0.25) is 0 Å². The van der Waals surface area contributed by atoms with E-state index in [1.54, 1.807) is 7.05 Å². The van der Waals surface area contributed by atoms with E-state index in [9.17, 15) is 13.2 Å². The standard InChI is InChI=1S/C18H24F3N5O/c1-12-16(13(2)26(4)25-12)11-24-17(22-3)23-9-10-27-15-7-5-14(6-8-15)18(19,20)21/h5-8H,9-11H2,1-4H3,(H2,22,23,24). The average molecular weight is 383 g/mol. The molecule has 6 nitrogen and oxygen atoms in total. The van der Waals surface area contributed by atoms with E-state index >= 15 is 0 Å². The number of rotatable bonds is 6. The Hall–Kier alpha value is -2.71. The molecule has 27 heavy (non-hydrogen) atoms. The molecule has 0 aliphatic heterocycles. The summed E-state index contributed by atoms with van der Waals surface area (Å²) < 4.78 is 44.9. The van der Waals surface area contributed by atoms with Crippen molar-refractivity contribution in [3.63, 3.8) is 0 Å². The summed E-state index contributed by atoms with van der Waals surface area (Å²) in [5.74, 6) is 0.989. The van der Waals surface area contributed by atoms with Crippen molar-refractivity contribution in [3.8, 4) is 5.75 Å². The first kappa shape index (κ1) is 20.6. The normalized spacial score (nSPS) is 12.2. The van der Waals surface area contributed by atoms with Gasteiger partial charge >= 0.3 is 6.18 Å². The Kier molecular flexibility index (Phi) is 6.70. The SMILES string of the molecule is CN=C(NCCOc1ccc(C(F)(F)F)cc1)NCc1c(C)nn(C)c1C. The summed E-state index contributed by atoms with van der Waals surface area (Å²) in [6.07, 6.45) is -4.34. The molecular weight excluding hydrogens is 359 g/mol. The van der Waals surface area contributed by atoms with Gasteiger partial charge in [-0.05, 0) is 38.1 Å². The minimum Gasteiger partial charge on any atom is -0.492 e. The van der Waals surface area contributed by atoms with Crippen molar-refractivity contribution in [3.05, 3.63) is 46.8 Å². The highest BCUT2D eigenvalue weighted by atomic mass is 19.4. The second kappa shape index (κ2) is 8.79. The van der Waals surface area contributed by atoms with Crippen LogP contribution >= 0.6 is 0 Å². The summed E-state index contributed by atoms with van der Waals surface area (Å²) in [6.45, 7) is 5.29. The van der Waals surface area contributed by atoms with Crippen LogP contribution in [0.2, 0.25) is 0 Å². The molecule has 0 unspecified atom stereocenters. The summed E-state index contributed by atoms with van der Waals surface area (Å²) in [5.41, 5.74) is 2.46. The first-order chi connectivity index (χ1) is 12.7. The van der Waals surface area contributed by atoms with Gasteiger partial charge in [-0.25, -0.2) is 0 Å². The van der Waals surface area contributed by atoms with Crippen LogP contribution in [0.4, 0.5) is 13.2 Å². The van der Waals surface area contributed by atoms with Crippen LogP contribution in [0.15, 0.2) is 29.3 Å². The number of hydrogen-bond donors (Lipinski definition) is 2. The molecule has 0 atom stereocenters. The van der Waals surface area contributed by atoms with Crippen LogP contribution in [0.5, 0.6) is 5.75 Å². The quantitative estimate of drug-likeness (QED) is 0.457. The van der Waals surface area contributed by atoms with Crippen molar-refractivity contribution in [2.24, 2.45) is 12.0 Å². The number of guanidine groups is 1. The Bertz CT molecular complexity index is 782. The highest BCUT2D eigenvalue weighted by molar-refractivity contribution is 5.79. The molecule has 9 heteroatoms. The second-order valence-corrected chi connectivity index (χ2v) is 6.00. The third-order valence-corrected chi connectivity index (χ3v) is 4.16. The minimum atomic E-state index is -4.34. The first-order valence-corrected chi connectivity index (χ1v) is 8.46. The van der Waals surface area contributed by atoms with Gasteiger partial charge in [-0.3, -0.25) is 9.67 Å². The fourth-order valence-corrected chi connectivity index (χ4v) is 2.54. The molecule has 0 spiro atoms. The molecule has 1 aromatic heterocycles. The molecule has 0 radical (unpaired) electrons. The molecule has 0 saturated carbocycles. The molecular formula is C18H24F3N5O. The number of ether oxygens (including phenoxy) is 1. The van der Waals surface area contributed by atoms with Crippen molar-refractivity contribution in [2.75, 3.05) is 20.2 Å². The number of aromatic nitrogens is 2. The molecule has 0 aliphatic carbocycles. The number of nitrogens with zero attached hydrogens (tertiary/aromatic N) is 3. The molecule has 0 fully saturated rings. The topological polar surface area (TPSA) is 63.5 Å². The molecule has 2 N–H and O–H groups in total. The van der Waals surface area contributed by atoms with E-state index in [0.717, 1.165) is 29.1 Å². The average Bonchev–Trinajstić information content (AvgIpc) is 2.86. The summed E-state index contributed by atoms with van der Waals surface area (Å²) in [4.78, 5) is 4.14. The Morgan fingerprint density at radius 1 is 1.19 bits per heavy atom. The highest BCUT2D eigenvalue weighted by Gasteiger charge is 2.29. The number of alkyl halides is 3. The van der Waals surface area contributed by atoms with Gasteiger partial charge in [0, 0.05) is 31.9 Å². The molecule has 0 amide bonds. The van der Waals surface area contributed by atoms with Crippen molar-refractivity contribution in [1.29, 1.82) is 0 Å². The third kappa shape index (κ3) is 5.63. The van der Waals surface area contributed by atoms with Crippen LogP contribution in [0.3, 0.4) is 0 Å². The lowest BCUT2D eigenvalue weighted by molar-refractivity contribution is -0.137. The number of hydrogen-bond acceptors (Lipinski definition) is 3. The second-order valence-electron chi connectivity index (χ2n) is 6.00. The molecule has 148 valence electrons. The maximum Gasteiger partial charge on any atom is 0.416 e. The Labute approximate surface area is 156 Å². The van der Waals surface area contributed by atoms with E-state index in [-0.39, 0.29) is 6.61 Å². The Balaban J connectivity index is 1.76. The number of benzene rings is 1. The zero-order chi connectivity index (χ0) is 20.0. The molecule has 0 aliphatic rings. The van der Waals surface area contributed by atoms with E-state index in [2.05, 4.69) is 20.7 Å². The van der Waals surface area contributed by atoms with Crippen LogP contribution in [0, 0.1) is 13.8 Å². The van der Waals surface area contributed by atoms with Crippen molar-refractivity contribution in [2.45, 2.75) is 26.6 Å². The lowest BCUT2D eigenvalue weighted by Gasteiger charge is -2.13. The largest absolute Gasteiger partial charge is 0.492 e. The molecule has 0 saturated heterocycles. The number of aliphatic imine (C=N–C) groups is 1. The van der Waals surface area contributed by atoms with Gasteiger partial charge in [0.05, 0.1) is 17.8 Å². The van der Waals surface area contributed by atoms with Gasteiger partial charge in [-0.15, -0.1) is 0 Å². The summed E-state index contributed by atoms with van der Waals surface area (Å²) in [5, 5.41) is 10.7. The third-order valence-electron chi connectivity index (χ3n) is 4.16. The predicted octanol–water partition coefficient (Wildman–Crippen LogP) is 2.80. The van der Waals surface area contributed by atoms with Crippen molar-refractivity contribution < 1.29 is 17.9 Å². The van der Waals surface area contributed by atoms with Gasteiger partial charge in [-0.2, -0.15) is 18.3 Å². The lowest BCUT2D eigenvalue weighted by atomic mass is 10.2. The zero-order valence-corrected chi connectivity index (χ0v) is 15.8. The van der Waals surface area contributed by atoms with Crippen LogP contribution in [0.1, 0.15) is 22.5 Å². The summed E-state index contributed by atoms with van der Waals surface area (Å²) in [6, 6.07) is 4.62. The minimum absolute atomic E-state index is 0.289. The molecule has 1 heterocycles. The number of aryl methyl sites for hydroxylation is 2.